The highest BCUT2D eigenvalue weighted by Crippen LogP contribution is 2.22. The van der Waals surface area contributed by atoms with Crippen LogP contribution >= 0.6 is 0 Å². The number of nitrogens with zero attached hydrogens (tertiary/aromatic N) is 1. The fourth-order valence-electron chi connectivity index (χ4n) is 1.63. The van der Waals surface area contributed by atoms with Crippen LogP contribution in [0.5, 0.6) is 0 Å². The molecule has 1 aliphatic heterocycles. The first-order valence-corrected chi connectivity index (χ1v) is 4.89. The Morgan fingerprint density at radius 1 is 1.64 bits per heavy atom. The molecule has 80 valence electrons. The van der Waals surface area contributed by atoms with Gasteiger partial charge in [-0.2, -0.15) is 0 Å². The van der Waals surface area contributed by atoms with Gasteiger partial charge in [0.05, 0.1) is 6.61 Å². The highest BCUT2D eigenvalue weighted by Gasteiger charge is 2.15. The van der Waals surface area contributed by atoms with E-state index >= 15 is 0 Å². The molecule has 0 spiro atoms. The summed E-state index contributed by atoms with van der Waals surface area (Å²) in [5.74, 6) is -0.274. The van der Waals surface area contributed by atoms with Crippen molar-refractivity contribution in [3.63, 3.8) is 0 Å². The predicted octanol–water partition coefficient (Wildman–Crippen LogP) is 1.70. The maximum absolute atomic E-state index is 10.5. The Hall–Kier alpha value is -1.03. The molecule has 1 N–H and O–H groups in total. The summed E-state index contributed by atoms with van der Waals surface area (Å²) in [5, 5.41) is 10.8. The van der Waals surface area contributed by atoms with Crippen molar-refractivity contribution in [1.29, 1.82) is 0 Å². The molecule has 1 rings (SSSR count). The molecule has 0 aliphatic carbocycles. The molecule has 0 aromatic rings. The minimum Gasteiger partial charge on any atom is -0.465 e. The topological polar surface area (TPSA) is 49.8 Å². The zero-order valence-electron chi connectivity index (χ0n) is 8.75. The summed E-state index contributed by atoms with van der Waals surface area (Å²) in [5.41, 5.74) is 2.09. The van der Waals surface area contributed by atoms with Gasteiger partial charge in [0.15, 0.2) is 0 Å². The first kappa shape index (κ1) is 11.0. The van der Waals surface area contributed by atoms with E-state index < -0.39 is 0 Å². The van der Waals surface area contributed by atoms with E-state index in [0.29, 0.717) is 19.6 Å². The Morgan fingerprint density at radius 3 is 2.93 bits per heavy atom. The van der Waals surface area contributed by atoms with Crippen molar-refractivity contribution in [1.82, 2.24) is 5.06 Å². The molecule has 0 bridgehead atoms. The highest BCUT2D eigenvalue weighted by atomic mass is 16.5. The molecule has 0 amide bonds. The monoisotopic (exact) mass is 199 g/mol. The highest BCUT2D eigenvalue weighted by molar-refractivity contribution is 5.65. The number of hydrogen-bond donors (Lipinski definition) is 1. The second kappa shape index (κ2) is 5.00. The Kier molecular flexibility index (Phi) is 3.95. The maximum atomic E-state index is 10.5. The van der Waals surface area contributed by atoms with Crippen LogP contribution in [0.2, 0.25) is 0 Å². The van der Waals surface area contributed by atoms with Crippen molar-refractivity contribution in [3.05, 3.63) is 11.3 Å². The SMILES string of the molecule is CC(=O)OCCC1=C(C)CCCN1O. The number of rotatable bonds is 3. The van der Waals surface area contributed by atoms with Crippen LogP contribution in [0.3, 0.4) is 0 Å². The molecule has 4 heteroatoms. The number of ether oxygens (including phenoxy) is 1. The Morgan fingerprint density at radius 2 is 2.36 bits per heavy atom. The Bertz CT molecular complexity index is 248. The fourth-order valence-corrected chi connectivity index (χ4v) is 1.63. The summed E-state index contributed by atoms with van der Waals surface area (Å²) in [6.07, 6.45) is 2.60. The average molecular weight is 199 g/mol. The van der Waals surface area contributed by atoms with Crippen LogP contribution in [0.25, 0.3) is 0 Å². The number of carbonyl (C=O) groups is 1. The zero-order chi connectivity index (χ0) is 10.6. The van der Waals surface area contributed by atoms with Crippen molar-refractivity contribution >= 4 is 5.97 Å². The van der Waals surface area contributed by atoms with Crippen molar-refractivity contribution in [2.24, 2.45) is 0 Å². The van der Waals surface area contributed by atoms with E-state index in [9.17, 15) is 10.0 Å². The van der Waals surface area contributed by atoms with Crippen LogP contribution in [-0.4, -0.2) is 29.4 Å². The molecule has 1 heterocycles. The second-order valence-corrected chi connectivity index (χ2v) is 3.54. The molecule has 0 unspecified atom stereocenters. The van der Waals surface area contributed by atoms with Gasteiger partial charge >= 0.3 is 5.97 Å². The first-order valence-electron chi connectivity index (χ1n) is 4.89. The first-order chi connectivity index (χ1) is 6.61. The smallest absolute Gasteiger partial charge is 0.302 e. The molecular formula is C10H17NO3. The van der Waals surface area contributed by atoms with Crippen molar-refractivity contribution in [2.45, 2.75) is 33.1 Å². The molecule has 0 saturated carbocycles. The van der Waals surface area contributed by atoms with E-state index in [1.165, 1.54) is 17.6 Å². The lowest BCUT2D eigenvalue weighted by Crippen LogP contribution is -2.26. The van der Waals surface area contributed by atoms with Gasteiger partial charge in [-0.1, -0.05) is 5.57 Å². The number of hydroxylamine groups is 2. The third-order valence-electron chi connectivity index (χ3n) is 2.37. The van der Waals surface area contributed by atoms with Crippen LogP contribution in [-0.2, 0) is 9.53 Å². The van der Waals surface area contributed by atoms with Crippen LogP contribution in [0.1, 0.15) is 33.1 Å². The molecule has 14 heavy (non-hydrogen) atoms. The standard InChI is InChI=1S/C10H17NO3/c1-8-4-3-6-11(13)10(8)5-7-14-9(2)12/h13H,3-7H2,1-2H3. The molecule has 0 aromatic carbocycles. The lowest BCUT2D eigenvalue weighted by atomic mass is 10.0. The van der Waals surface area contributed by atoms with Gasteiger partial charge in [0.25, 0.3) is 0 Å². The zero-order valence-corrected chi connectivity index (χ0v) is 8.75. The van der Waals surface area contributed by atoms with Gasteiger partial charge in [-0.3, -0.25) is 15.1 Å². The molecule has 0 fully saturated rings. The summed E-state index contributed by atoms with van der Waals surface area (Å²) >= 11 is 0. The molecular weight excluding hydrogens is 182 g/mol. The molecule has 4 nitrogen and oxygen atoms in total. The normalized spacial score (nSPS) is 17.2. The largest absolute Gasteiger partial charge is 0.465 e. The average Bonchev–Trinajstić information content (AvgIpc) is 2.09. The minimum atomic E-state index is -0.274. The number of allylic oxidation sites excluding steroid dienone is 1. The molecule has 0 saturated heterocycles. The molecule has 0 aromatic heterocycles. The van der Waals surface area contributed by atoms with Crippen LogP contribution in [0.4, 0.5) is 0 Å². The predicted molar refractivity (Wildman–Crippen MR) is 51.7 cm³/mol. The van der Waals surface area contributed by atoms with Crippen LogP contribution in [0.15, 0.2) is 11.3 Å². The van der Waals surface area contributed by atoms with Gasteiger partial charge in [-0.15, -0.1) is 0 Å². The van der Waals surface area contributed by atoms with E-state index in [4.69, 9.17) is 4.74 Å². The number of hydrogen-bond acceptors (Lipinski definition) is 4. The molecule has 1 aliphatic rings. The summed E-state index contributed by atoms with van der Waals surface area (Å²) < 4.78 is 4.83. The summed E-state index contributed by atoms with van der Waals surface area (Å²) in [4.78, 5) is 10.5. The quantitative estimate of drug-likeness (QED) is 0.703. The lowest BCUT2D eigenvalue weighted by molar-refractivity contribution is -0.141. The molecule has 0 radical (unpaired) electrons. The van der Waals surface area contributed by atoms with Gasteiger partial charge in [0, 0.05) is 25.6 Å². The van der Waals surface area contributed by atoms with E-state index in [2.05, 4.69) is 0 Å². The summed E-state index contributed by atoms with van der Waals surface area (Å²) in [7, 11) is 0. The van der Waals surface area contributed by atoms with E-state index in [0.717, 1.165) is 18.5 Å². The van der Waals surface area contributed by atoms with Crippen molar-refractivity contribution in [2.75, 3.05) is 13.2 Å². The van der Waals surface area contributed by atoms with E-state index in [1.807, 2.05) is 6.92 Å². The van der Waals surface area contributed by atoms with Crippen LogP contribution < -0.4 is 0 Å². The van der Waals surface area contributed by atoms with Crippen molar-refractivity contribution in [3.8, 4) is 0 Å². The second-order valence-electron chi connectivity index (χ2n) is 3.54. The third-order valence-corrected chi connectivity index (χ3v) is 2.37. The Balaban J connectivity index is 2.44. The summed E-state index contributed by atoms with van der Waals surface area (Å²) in [6, 6.07) is 0. The Labute approximate surface area is 84.1 Å². The van der Waals surface area contributed by atoms with Gasteiger partial charge in [0.2, 0.25) is 0 Å². The number of esters is 1. The van der Waals surface area contributed by atoms with E-state index in [1.54, 1.807) is 0 Å². The van der Waals surface area contributed by atoms with Crippen molar-refractivity contribution < 1.29 is 14.7 Å². The molecule has 0 atom stereocenters. The summed E-state index contributed by atoms with van der Waals surface area (Å²) in [6.45, 7) is 4.41. The van der Waals surface area contributed by atoms with Gasteiger partial charge in [-0.05, 0) is 19.8 Å². The maximum Gasteiger partial charge on any atom is 0.302 e. The minimum absolute atomic E-state index is 0.274. The third kappa shape index (κ3) is 3.03. The van der Waals surface area contributed by atoms with Gasteiger partial charge in [0.1, 0.15) is 0 Å². The van der Waals surface area contributed by atoms with E-state index in [-0.39, 0.29) is 5.97 Å². The fraction of sp³-hybridized carbons (Fsp3) is 0.700. The lowest BCUT2D eigenvalue weighted by Gasteiger charge is -2.27. The number of carbonyl (C=O) groups excluding carboxylic acids is 1. The van der Waals surface area contributed by atoms with Crippen LogP contribution in [0, 0.1) is 0 Å². The van der Waals surface area contributed by atoms with Gasteiger partial charge in [-0.25, -0.2) is 0 Å². The van der Waals surface area contributed by atoms with Gasteiger partial charge < -0.3 is 4.74 Å².